The molecule has 1 aliphatic carbocycles. The first-order valence-electron chi connectivity index (χ1n) is 14.6. The van der Waals surface area contributed by atoms with E-state index in [0.29, 0.717) is 49.1 Å². The number of pyridine rings is 3. The van der Waals surface area contributed by atoms with Crippen molar-refractivity contribution < 1.29 is 19.2 Å². The standard InChI is InChI=1S/C31H33N9O4/c1-2-40-28-25(19-37-40)27(38-22-3-5-23(41)6-4-22)24(18-34-28)26-15-31(44-39-26,29(42)35-16-20-7-11-32-12-8-20)30(43)36-17-21-9-13-33-14-10-21/h7-15,18-19,22,39H,2-6,16-17H2,1H3,(H,34,38)(H,35,42)(H,36,43). The summed E-state index contributed by atoms with van der Waals surface area (Å²) in [5.74, 6) is -1.02. The molecular weight excluding hydrogens is 562 g/mol. The van der Waals surface area contributed by atoms with Crippen molar-refractivity contribution in [2.45, 2.75) is 63.9 Å². The molecule has 0 radical (unpaired) electrons. The number of fused-ring (bicyclic) bond motifs is 1. The van der Waals surface area contributed by atoms with Crippen molar-refractivity contribution in [1.29, 1.82) is 0 Å². The molecule has 0 aromatic carbocycles. The highest BCUT2D eigenvalue weighted by Gasteiger charge is 2.50. The maximum absolute atomic E-state index is 13.8. The number of hydroxylamine groups is 1. The van der Waals surface area contributed by atoms with Gasteiger partial charge in [-0.1, -0.05) is 0 Å². The normalized spacial score (nSPS) is 16.3. The van der Waals surface area contributed by atoms with Crippen LogP contribution in [0.15, 0.2) is 67.5 Å². The second kappa shape index (κ2) is 12.6. The molecule has 1 aliphatic heterocycles. The van der Waals surface area contributed by atoms with Crippen LogP contribution >= 0.6 is 0 Å². The first-order valence-corrected chi connectivity index (χ1v) is 14.6. The Bertz CT molecular complexity index is 1640. The molecule has 0 bridgehead atoms. The number of nitrogens with zero attached hydrogens (tertiary/aromatic N) is 5. The monoisotopic (exact) mass is 595 g/mol. The van der Waals surface area contributed by atoms with Gasteiger partial charge in [0.1, 0.15) is 5.78 Å². The van der Waals surface area contributed by atoms with Crippen molar-refractivity contribution in [2.24, 2.45) is 0 Å². The van der Waals surface area contributed by atoms with Gasteiger partial charge in [0.25, 0.3) is 17.4 Å². The van der Waals surface area contributed by atoms with Gasteiger partial charge in [-0.05, 0) is 61.2 Å². The molecule has 44 heavy (non-hydrogen) atoms. The van der Waals surface area contributed by atoms with Gasteiger partial charge in [0.15, 0.2) is 5.65 Å². The van der Waals surface area contributed by atoms with Gasteiger partial charge in [-0.3, -0.25) is 29.8 Å². The number of carbonyl (C=O) groups excluding carboxylic acids is 3. The highest BCUT2D eigenvalue weighted by molar-refractivity contribution is 6.13. The second-order valence-corrected chi connectivity index (χ2v) is 10.8. The molecule has 226 valence electrons. The van der Waals surface area contributed by atoms with Gasteiger partial charge < -0.3 is 16.0 Å². The molecule has 0 spiro atoms. The summed E-state index contributed by atoms with van der Waals surface area (Å²) < 4.78 is 1.80. The van der Waals surface area contributed by atoms with Crippen LogP contribution in [0.25, 0.3) is 16.7 Å². The fourth-order valence-electron chi connectivity index (χ4n) is 5.39. The molecule has 2 aliphatic rings. The molecule has 0 saturated heterocycles. The van der Waals surface area contributed by atoms with E-state index in [1.807, 2.05) is 6.92 Å². The van der Waals surface area contributed by atoms with E-state index < -0.39 is 17.4 Å². The minimum absolute atomic E-state index is 0.0574. The molecule has 2 amide bonds. The number of aryl methyl sites for hydroxylation is 1. The van der Waals surface area contributed by atoms with Crippen molar-refractivity contribution >= 4 is 40.0 Å². The summed E-state index contributed by atoms with van der Waals surface area (Å²) in [5, 5.41) is 14.6. The van der Waals surface area contributed by atoms with Crippen LogP contribution in [0.3, 0.4) is 0 Å². The molecule has 4 N–H and O–H groups in total. The van der Waals surface area contributed by atoms with Crippen molar-refractivity contribution in [3.05, 3.63) is 84.2 Å². The van der Waals surface area contributed by atoms with E-state index in [2.05, 4.69) is 41.5 Å². The summed E-state index contributed by atoms with van der Waals surface area (Å²) >= 11 is 0. The van der Waals surface area contributed by atoms with Crippen LogP contribution in [-0.2, 0) is 38.9 Å². The summed E-state index contributed by atoms with van der Waals surface area (Å²) in [6.07, 6.45) is 13.9. The van der Waals surface area contributed by atoms with Crippen molar-refractivity contribution in [1.82, 2.24) is 40.8 Å². The molecule has 1 fully saturated rings. The van der Waals surface area contributed by atoms with E-state index >= 15 is 0 Å². The fraction of sp³-hybridized carbons (Fsp3) is 0.323. The first-order chi connectivity index (χ1) is 21.5. The molecule has 0 unspecified atom stereocenters. The maximum Gasteiger partial charge on any atom is 0.271 e. The van der Waals surface area contributed by atoms with Crippen molar-refractivity contribution in [3.8, 4) is 0 Å². The van der Waals surface area contributed by atoms with Gasteiger partial charge in [0.2, 0.25) is 0 Å². The maximum atomic E-state index is 13.8. The Balaban J connectivity index is 1.35. The highest BCUT2D eigenvalue weighted by Crippen LogP contribution is 2.36. The molecule has 6 rings (SSSR count). The van der Waals surface area contributed by atoms with Gasteiger partial charge in [0.05, 0.1) is 23.0 Å². The predicted octanol–water partition coefficient (Wildman–Crippen LogP) is 2.41. The van der Waals surface area contributed by atoms with Crippen LogP contribution in [0.1, 0.15) is 49.3 Å². The first kappa shape index (κ1) is 28.9. The number of ketones is 1. The third kappa shape index (κ3) is 5.86. The molecule has 13 heteroatoms. The van der Waals surface area contributed by atoms with Gasteiger partial charge in [-0.15, -0.1) is 0 Å². The number of Topliss-reactive ketones (excluding diaryl/α,β-unsaturated/α-hetero) is 1. The molecule has 13 nitrogen and oxygen atoms in total. The minimum atomic E-state index is -2.02. The number of carbonyl (C=O) groups is 3. The second-order valence-electron chi connectivity index (χ2n) is 10.8. The van der Waals surface area contributed by atoms with E-state index in [9.17, 15) is 14.4 Å². The highest BCUT2D eigenvalue weighted by atomic mass is 16.7. The number of hydrogen-bond donors (Lipinski definition) is 4. The van der Waals surface area contributed by atoms with E-state index in [1.54, 1.807) is 66.1 Å². The van der Waals surface area contributed by atoms with Gasteiger partial charge in [-0.2, -0.15) is 5.10 Å². The van der Waals surface area contributed by atoms with E-state index in [4.69, 9.17) is 4.84 Å². The average Bonchev–Trinajstić information content (AvgIpc) is 3.71. The van der Waals surface area contributed by atoms with Crippen LogP contribution < -0.4 is 21.4 Å². The molecule has 5 heterocycles. The minimum Gasteiger partial charge on any atom is -0.381 e. The smallest absolute Gasteiger partial charge is 0.271 e. The zero-order chi connectivity index (χ0) is 30.5. The number of anilines is 1. The predicted molar refractivity (Wildman–Crippen MR) is 161 cm³/mol. The van der Waals surface area contributed by atoms with Crippen LogP contribution in [0.2, 0.25) is 0 Å². The summed E-state index contributed by atoms with van der Waals surface area (Å²) in [6.45, 7) is 2.96. The van der Waals surface area contributed by atoms with Gasteiger partial charge in [-0.25, -0.2) is 14.5 Å². The summed E-state index contributed by atoms with van der Waals surface area (Å²) in [6, 6.07) is 7.17. The average molecular weight is 596 g/mol. The summed E-state index contributed by atoms with van der Waals surface area (Å²) in [5.41, 5.74) is 4.90. The lowest BCUT2D eigenvalue weighted by Gasteiger charge is -2.25. The Morgan fingerprint density at radius 1 is 0.977 bits per heavy atom. The molecule has 1 saturated carbocycles. The Hall–Kier alpha value is -5.17. The number of amides is 2. The molecular formula is C31H33N9O4. The van der Waals surface area contributed by atoms with Crippen LogP contribution in [0, 0.1) is 0 Å². The van der Waals surface area contributed by atoms with E-state index in [0.717, 1.165) is 22.2 Å². The Morgan fingerprint density at radius 3 is 2.18 bits per heavy atom. The largest absolute Gasteiger partial charge is 0.381 e. The van der Waals surface area contributed by atoms with Crippen molar-refractivity contribution in [3.63, 3.8) is 0 Å². The molecule has 4 aromatic heterocycles. The summed E-state index contributed by atoms with van der Waals surface area (Å²) in [4.78, 5) is 58.0. The molecule has 4 aromatic rings. The van der Waals surface area contributed by atoms with Gasteiger partial charge >= 0.3 is 0 Å². The van der Waals surface area contributed by atoms with Crippen molar-refractivity contribution in [2.75, 3.05) is 5.32 Å². The Kier molecular flexibility index (Phi) is 8.28. The number of rotatable bonds is 10. The Labute approximate surface area is 253 Å². The lowest BCUT2D eigenvalue weighted by Crippen LogP contribution is -2.56. The lowest BCUT2D eigenvalue weighted by molar-refractivity contribution is -0.157. The quantitative estimate of drug-likeness (QED) is 0.200. The molecule has 0 atom stereocenters. The third-order valence-corrected chi connectivity index (χ3v) is 7.90. The zero-order valence-electron chi connectivity index (χ0n) is 24.2. The SMILES string of the molecule is CCn1ncc2c(NC3CCC(=O)CC3)c(C3=CC(C(=O)NCc4ccncc4)(C(=O)NCc4ccncc4)ON3)cnc21. The van der Waals surface area contributed by atoms with Crippen LogP contribution in [0.4, 0.5) is 5.69 Å². The van der Waals surface area contributed by atoms with Crippen LogP contribution in [-0.4, -0.2) is 54.0 Å². The van der Waals surface area contributed by atoms with E-state index in [-0.39, 0.29) is 24.9 Å². The number of nitrogens with one attached hydrogen (secondary N) is 4. The number of hydrogen-bond acceptors (Lipinski definition) is 10. The Morgan fingerprint density at radius 2 is 1.59 bits per heavy atom. The topological polar surface area (TPSA) is 165 Å². The zero-order valence-corrected chi connectivity index (χ0v) is 24.2. The van der Waals surface area contributed by atoms with Crippen LogP contribution in [0.5, 0.6) is 0 Å². The van der Waals surface area contributed by atoms with E-state index in [1.165, 1.54) is 6.08 Å². The fourth-order valence-corrected chi connectivity index (χ4v) is 5.39. The third-order valence-electron chi connectivity index (χ3n) is 7.90. The summed E-state index contributed by atoms with van der Waals surface area (Å²) in [7, 11) is 0. The number of aromatic nitrogens is 5. The van der Waals surface area contributed by atoms with Gasteiger partial charge in [0, 0.05) is 75.1 Å². The lowest BCUT2D eigenvalue weighted by atomic mass is 9.93.